The molecule has 2 radical (unpaired) electrons. The predicted molar refractivity (Wildman–Crippen MR) is 3.43 cm³/mol. The second-order valence-electron chi connectivity index (χ2n) is 0. The Kier molecular flexibility index (Phi) is 2920. The summed E-state index contributed by atoms with van der Waals surface area (Å²) in [4.78, 5) is 0. The zero-order chi connectivity index (χ0) is 0. The summed E-state index contributed by atoms with van der Waals surface area (Å²) in [7, 11) is 0. The molecule has 0 aromatic heterocycles. The van der Waals surface area contributed by atoms with Gasteiger partial charge in [0.25, 0.3) is 0 Å². The molecule has 0 spiro atoms. The van der Waals surface area contributed by atoms with Crippen molar-refractivity contribution in [3.63, 3.8) is 0 Å². The van der Waals surface area contributed by atoms with Crippen molar-refractivity contribution in [2.24, 2.45) is 0 Å². The molecule has 0 aliphatic rings. The SMILES string of the molecule is [Mo].[Mo].[O-2].[O-2].[O-2].[O-2].[O-2].[V].[V].[W].[W]. The largest absolute Gasteiger partial charge is 2.00 e. The fourth-order valence-electron chi connectivity index (χ4n) is 0. The number of hydrogen-bond acceptors (Lipinski definition) is 0. The van der Waals surface area contributed by atoms with Crippen LogP contribution in [0.5, 0.6) is 0 Å². The Hall–Kier alpha value is 3.72. The third kappa shape index (κ3) is 136. The minimum absolute atomic E-state index is 0. The third-order valence-corrected chi connectivity index (χ3v) is 0. The van der Waals surface area contributed by atoms with Crippen molar-refractivity contribution in [3.05, 3.63) is 0 Å². The van der Waals surface area contributed by atoms with Crippen LogP contribution in [0.15, 0.2) is 0 Å². The van der Waals surface area contributed by atoms with Crippen molar-refractivity contribution in [3.8, 4) is 0 Å². The van der Waals surface area contributed by atoms with Crippen molar-refractivity contribution in [2.45, 2.75) is 0 Å². The van der Waals surface area contributed by atoms with E-state index in [1.54, 1.807) is 0 Å². The summed E-state index contributed by atoms with van der Waals surface area (Å²) >= 11 is 0. The Morgan fingerprint density at radius 1 is 0.364 bits per heavy atom. The van der Waals surface area contributed by atoms with E-state index < -0.39 is 0 Å². The molecule has 0 atom stereocenters. The van der Waals surface area contributed by atoms with Gasteiger partial charge in [-0.2, -0.15) is 0 Å². The Bertz CT molecular complexity index is 20.4. The maximum absolute atomic E-state index is 0. The molecule has 0 unspecified atom stereocenters. The fraction of sp³-hybridized carbons (Fsp3) is 0. The molecule has 0 fully saturated rings. The Morgan fingerprint density at radius 3 is 0.364 bits per heavy atom. The summed E-state index contributed by atoms with van der Waals surface area (Å²) in [5.41, 5.74) is 0. The van der Waals surface area contributed by atoms with E-state index in [1.807, 2.05) is 0 Å². The predicted octanol–water partition coefficient (Wildman–Crippen LogP) is -0.609. The minimum atomic E-state index is 0. The van der Waals surface area contributed by atoms with Crippen LogP contribution in [0.3, 0.4) is 0 Å². The van der Waals surface area contributed by atoms with Crippen LogP contribution < -0.4 is 0 Å². The van der Waals surface area contributed by atoms with E-state index in [-0.39, 0.29) is 149 Å². The molecule has 74 valence electrons. The molecule has 0 N–H and O–H groups in total. The van der Waals surface area contributed by atoms with E-state index in [2.05, 4.69) is 0 Å². The van der Waals surface area contributed by atoms with Gasteiger partial charge in [0.15, 0.2) is 0 Å². The van der Waals surface area contributed by atoms with Crippen LogP contribution in [-0.2, 0) is 149 Å². The third-order valence-electron chi connectivity index (χ3n) is 0. The summed E-state index contributed by atoms with van der Waals surface area (Å²) < 4.78 is 0. The van der Waals surface area contributed by atoms with Gasteiger partial charge in [-0.25, -0.2) is 0 Å². The van der Waals surface area contributed by atoms with Gasteiger partial charge >= 0.3 is 0 Å². The van der Waals surface area contributed by atoms with E-state index in [0.29, 0.717) is 0 Å². The van der Waals surface area contributed by atoms with E-state index in [4.69, 9.17) is 0 Å². The van der Waals surface area contributed by atoms with Crippen molar-refractivity contribution in [2.75, 3.05) is 0 Å². The number of rotatable bonds is 0. The molecule has 0 aromatic rings. The topological polar surface area (TPSA) is 142 Å². The molecule has 0 aliphatic carbocycles. The molecule has 5 nitrogen and oxygen atoms in total. The molecule has 11 heteroatoms. The second kappa shape index (κ2) is 160. The fourth-order valence-corrected chi connectivity index (χ4v) is 0. The van der Waals surface area contributed by atoms with Crippen molar-refractivity contribution >= 4 is 0 Å². The first-order chi connectivity index (χ1) is 0. The van der Waals surface area contributed by atoms with Crippen LogP contribution in [0.4, 0.5) is 0 Å². The monoisotopic (exact) mass is 746 g/mol. The maximum Gasteiger partial charge on any atom is 0 e. The van der Waals surface area contributed by atoms with Crippen LogP contribution in [0.25, 0.3) is 0 Å². The summed E-state index contributed by atoms with van der Waals surface area (Å²) in [6, 6.07) is 0. The Labute approximate surface area is 146 Å². The molecular formula is Mo2O5V2W2-10. The summed E-state index contributed by atoms with van der Waals surface area (Å²) in [5.74, 6) is 0. The molecule has 0 heterocycles. The Balaban J connectivity index is 0. The normalized spacial score (nSPS) is 0. The first-order valence-electron chi connectivity index (χ1n) is 0. The van der Waals surface area contributed by atoms with Gasteiger partial charge < -0.3 is 27.4 Å². The Morgan fingerprint density at radius 2 is 0.364 bits per heavy atom. The molecular weight excluding hydrogens is 741 g/mol. The molecule has 11 heavy (non-hydrogen) atoms. The molecule has 0 aromatic carbocycles. The summed E-state index contributed by atoms with van der Waals surface area (Å²) in [5, 5.41) is 0. The summed E-state index contributed by atoms with van der Waals surface area (Å²) in [6.07, 6.45) is 0. The quantitative estimate of drug-likeness (QED) is 0.293. The molecule has 0 rings (SSSR count). The van der Waals surface area contributed by atoms with Crippen LogP contribution in [0, 0.1) is 0 Å². The van der Waals surface area contributed by atoms with E-state index in [0.717, 1.165) is 0 Å². The average Bonchev–Trinajstić information content (AvgIpc) is 0. The zero-order valence-corrected chi connectivity index (χ0v) is 17.2. The van der Waals surface area contributed by atoms with E-state index in [9.17, 15) is 0 Å². The number of hydrogen-bond donors (Lipinski definition) is 0. The first-order valence-corrected chi connectivity index (χ1v) is 0. The van der Waals surface area contributed by atoms with E-state index >= 15 is 0 Å². The van der Waals surface area contributed by atoms with Gasteiger partial charge in [0.2, 0.25) is 0 Å². The maximum atomic E-state index is 0. The van der Waals surface area contributed by atoms with Gasteiger partial charge in [-0.1, -0.05) is 0 Å². The second-order valence-corrected chi connectivity index (χ2v) is 0. The molecule has 0 saturated carbocycles. The van der Waals surface area contributed by atoms with E-state index in [1.165, 1.54) is 0 Å². The van der Waals surface area contributed by atoms with Crippen molar-refractivity contribution in [1.82, 2.24) is 0 Å². The molecule has 0 saturated heterocycles. The standard InChI is InChI=1S/2Mo.5O.2V.2W/q;;5*-2;;;;. The van der Waals surface area contributed by atoms with Gasteiger partial charge in [-0.15, -0.1) is 0 Å². The van der Waals surface area contributed by atoms with Gasteiger partial charge in [-0.05, 0) is 0 Å². The van der Waals surface area contributed by atoms with Crippen LogP contribution in [0.1, 0.15) is 0 Å². The average molecular weight is 741 g/mol. The van der Waals surface area contributed by atoms with Gasteiger partial charge in [0, 0.05) is 121 Å². The van der Waals surface area contributed by atoms with Crippen molar-refractivity contribution < 1.29 is 149 Å². The van der Waals surface area contributed by atoms with Crippen molar-refractivity contribution in [1.29, 1.82) is 0 Å². The summed E-state index contributed by atoms with van der Waals surface area (Å²) in [6.45, 7) is 0. The van der Waals surface area contributed by atoms with Gasteiger partial charge in [0.1, 0.15) is 0 Å². The molecule has 0 aliphatic heterocycles. The molecule has 0 bridgehead atoms. The van der Waals surface area contributed by atoms with Gasteiger partial charge in [0.05, 0.1) is 0 Å². The van der Waals surface area contributed by atoms with Gasteiger partial charge in [-0.3, -0.25) is 0 Å². The van der Waals surface area contributed by atoms with Crippen LogP contribution in [0.2, 0.25) is 0 Å². The molecule has 0 amide bonds. The first kappa shape index (κ1) is 200. The zero-order valence-electron chi connectivity index (χ0n) is 4.57. The van der Waals surface area contributed by atoms with Crippen LogP contribution >= 0.6 is 0 Å². The minimum Gasteiger partial charge on any atom is -2.00 e. The van der Waals surface area contributed by atoms with Crippen LogP contribution in [-0.4, -0.2) is 0 Å². The smallest absolute Gasteiger partial charge is 0 e.